The third-order valence-electron chi connectivity index (χ3n) is 2.70. The van der Waals surface area contributed by atoms with Gasteiger partial charge in [0.25, 0.3) is 0 Å². The summed E-state index contributed by atoms with van der Waals surface area (Å²) in [6.45, 7) is 6.32. The second-order valence-electron chi connectivity index (χ2n) is 5.99. The molecular formula is C16H24N4O3. The van der Waals surface area contributed by atoms with Crippen LogP contribution in [0.25, 0.3) is 0 Å². The van der Waals surface area contributed by atoms with Gasteiger partial charge in [0.15, 0.2) is 0 Å². The minimum Gasteiger partial charge on any atom is -0.445 e. The summed E-state index contributed by atoms with van der Waals surface area (Å²) in [4.78, 5) is 22.4. The van der Waals surface area contributed by atoms with Crippen LogP contribution in [0.2, 0.25) is 0 Å². The van der Waals surface area contributed by atoms with Crippen molar-refractivity contribution in [1.29, 1.82) is 0 Å². The minimum absolute atomic E-state index is 0.180. The molecule has 1 rings (SSSR count). The van der Waals surface area contributed by atoms with Gasteiger partial charge in [-0.2, -0.15) is 0 Å². The Hall–Kier alpha value is -2.70. The third kappa shape index (κ3) is 7.21. The van der Waals surface area contributed by atoms with Gasteiger partial charge in [-0.1, -0.05) is 6.08 Å². The van der Waals surface area contributed by atoms with Crippen LogP contribution in [-0.2, 0) is 4.74 Å². The fourth-order valence-corrected chi connectivity index (χ4v) is 1.66. The van der Waals surface area contributed by atoms with Crippen LogP contribution in [0.5, 0.6) is 0 Å². The predicted octanol–water partition coefficient (Wildman–Crippen LogP) is 1.86. The monoisotopic (exact) mass is 320 g/mol. The fourth-order valence-electron chi connectivity index (χ4n) is 1.66. The molecule has 0 aliphatic rings. The van der Waals surface area contributed by atoms with Crippen LogP contribution in [-0.4, -0.2) is 30.7 Å². The van der Waals surface area contributed by atoms with Gasteiger partial charge < -0.3 is 26.8 Å². The van der Waals surface area contributed by atoms with Crippen LogP contribution in [0.3, 0.4) is 0 Å². The summed E-state index contributed by atoms with van der Waals surface area (Å²) in [6, 6.07) is 4.82. The van der Waals surface area contributed by atoms with Gasteiger partial charge >= 0.3 is 6.09 Å². The first kappa shape index (κ1) is 18.3. The molecule has 1 aromatic carbocycles. The van der Waals surface area contributed by atoms with E-state index in [2.05, 4.69) is 10.6 Å². The zero-order valence-corrected chi connectivity index (χ0v) is 13.7. The van der Waals surface area contributed by atoms with Crippen molar-refractivity contribution >= 4 is 23.4 Å². The lowest BCUT2D eigenvalue weighted by Gasteiger charge is -2.19. The molecule has 0 saturated heterocycles. The molecule has 0 aromatic heterocycles. The Kier molecular flexibility index (Phi) is 6.44. The molecule has 1 aromatic rings. The van der Waals surface area contributed by atoms with E-state index < -0.39 is 12.0 Å². The van der Waals surface area contributed by atoms with E-state index in [9.17, 15) is 9.59 Å². The Bertz CT molecular complexity index is 591. The topological polar surface area (TPSA) is 119 Å². The van der Waals surface area contributed by atoms with Crippen molar-refractivity contribution in [3.05, 3.63) is 35.9 Å². The van der Waals surface area contributed by atoms with Crippen LogP contribution in [0, 0.1) is 0 Å². The number of alkyl carbamates (subject to hydrolysis) is 1. The molecular weight excluding hydrogens is 296 g/mol. The highest BCUT2D eigenvalue weighted by molar-refractivity contribution is 5.94. The molecule has 23 heavy (non-hydrogen) atoms. The van der Waals surface area contributed by atoms with Crippen molar-refractivity contribution in [3.8, 4) is 0 Å². The Morgan fingerprint density at radius 3 is 2.52 bits per heavy atom. The summed E-state index contributed by atoms with van der Waals surface area (Å²) in [5, 5.41) is 5.78. The average molecular weight is 320 g/mol. The number of primary amides is 1. The Balaban J connectivity index is 2.34. The number of amides is 2. The molecule has 7 nitrogen and oxygen atoms in total. The number of nitrogen functional groups attached to an aromatic ring is 1. The van der Waals surface area contributed by atoms with Crippen molar-refractivity contribution in [1.82, 2.24) is 5.32 Å². The SMILES string of the molecule is CC(C)(C)NC(=O)OC/C=C/CNc1ccc(C(N)=O)cc1N. The van der Waals surface area contributed by atoms with Crippen LogP contribution in [0.15, 0.2) is 30.4 Å². The van der Waals surface area contributed by atoms with Crippen molar-refractivity contribution in [2.24, 2.45) is 5.73 Å². The normalized spacial score (nSPS) is 11.3. The number of rotatable bonds is 6. The second kappa shape index (κ2) is 8.07. The standard InChI is InChI=1S/C16H24N4O3/c1-16(2,3)20-15(22)23-9-5-4-8-19-13-7-6-11(14(18)21)10-12(13)17/h4-7,10,19H,8-9,17H2,1-3H3,(H2,18,21)(H,20,22)/b5-4+. The number of anilines is 2. The van der Waals surface area contributed by atoms with Crippen molar-refractivity contribution < 1.29 is 14.3 Å². The quantitative estimate of drug-likeness (QED) is 0.471. The lowest BCUT2D eigenvalue weighted by atomic mass is 10.1. The number of benzene rings is 1. The molecule has 0 heterocycles. The van der Waals surface area contributed by atoms with E-state index in [1.165, 1.54) is 6.07 Å². The van der Waals surface area contributed by atoms with Crippen LogP contribution < -0.4 is 22.1 Å². The Labute approximate surface area is 136 Å². The van der Waals surface area contributed by atoms with E-state index in [-0.39, 0.29) is 12.1 Å². The van der Waals surface area contributed by atoms with Gasteiger partial charge in [-0.05, 0) is 45.0 Å². The van der Waals surface area contributed by atoms with Gasteiger partial charge in [0.2, 0.25) is 5.91 Å². The Morgan fingerprint density at radius 2 is 1.96 bits per heavy atom. The molecule has 7 heteroatoms. The summed E-state index contributed by atoms with van der Waals surface area (Å²) in [5.74, 6) is -0.520. The largest absolute Gasteiger partial charge is 0.445 e. The highest BCUT2D eigenvalue weighted by Gasteiger charge is 2.13. The van der Waals surface area contributed by atoms with Crippen molar-refractivity contribution in [2.75, 3.05) is 24.2 Å². The predicted molar refractivity (Wildman–Crippen MR) is 91.2 cm³/mol. The summed E-state index contributed by atoms with van der Waals surface area (Å²) in [6.07, 6.45) is 3.08. The van der Waals surface area contributed by atoms with E-state index in [0.717, 1.165) is 0 Å². The van der Waals surface area contributed by atoms with E-state index in [0.29, 0.717) is 23.5 Å². The van der Waals surface area contributed by atoms with Crippen LogP contribution in [0.4, 0.5) is 16.2 Å². The number of carbonyl (C=O) groups excluding carboxylic acids is 2. The number of hydrogen-bond acceptors (Lipinski definition) is 5. The number of ether oxygens (including phenoxy) is 1. The maximum absolute atomic E-state index is 11.4. The highest BCUT2D eigenvalue weighted by Crippen LogP contribution is 2.19. The maximum Gasteiger partial charge on any atom is 0.407 e. The number of hydrogen-bond donors (Lipinski definition) is 4. The number of nitrogens with one attached hydrogen (secondary N) is 2. The van der Waals surface area contributed by atoms with Gasteiger partial charge in [-0.3, -0.25) is 4.79 Å². The molecule has 6 N–H and O–H groups in total. The molecule has 0 fully saturated rings. The first-order valence-corrected chi connectivity index (χ1v) is 7.22. The van der Waals surface area contributed by atoms with Crippen molar-refractivity contribution in [2.45, 2.75) is 26.3 Å². The minimum atomic E-state index is -0.520. The summed E-state index contributed by atoms with van der Waals surface area (Å²) < 4.78 is 5.00. The van der Waals surface area contributed by atoms with Crippen LogP contribution >= 0.6 is 0 Å². The molecule has 0 radical (unpaired) electrons. The average Bonchev–Trinajstić information content (AvgIpc) is 2.41. The molecule has 0 saturated carbocycles. The van der Waals surface area contributed by atoms with E-state index in [1.807, 2.05) is 26.8 Å². The first-order valence-electron chi connectivity index (χ1n) is 7.22. The lowest BCUT2D eigenvalue weighted by molar-refractivity contribution is 0.1000. The molecule has 0 aliphatic heterocycles. The molecule has 2 amide bonds. The first-order chi connectivity index (χ1) is 10.7. The van der Waals surface area contributed by atoms with Crippen LogP contribution in [0.1, 0.15) is 31.1 Å². The fraction of sp³-hybridized carbons (Fsp3) is 0.375. The van der Waals surface area contributed by atoms with Gasteiger partial charge in [0, 0.05) is 17.6 Å². The zero-order valence-electron chi connectivity index (χ0n) is 13.7. The van der Waals surface area contributed by atoms with Gasteiger partial charge in [-0.15, -0.1) is 0 Å². The highest BCUT2D eigenvalue weighted by atomic mass is 16.5. The summed E-state index contributed by atoms with van der Waals surface area (Å²) in [7, 11) is 0. The zero-order chi connectivity index (χ0) is 17.5. The summed E-state index contributed by atoms with van der Waals surface area (Å²) >= 11 is 0. The van der Waals surface area contributed by atoms with Gasteiger partial charge in [0.1, 0.15) is 6.61 Å². The molecule has 126 valence electrons. The Morgan fingerprint density at radius 1 is 1.26 bits per heavy atom. The molecule has 0 atom stereocenters. The number of carbonyl (C=O) groups is 2. The third-order valence-corrected chi connectivity index (χ3v) is 2.70. The van der Waals surface area contributed by atoms with E-state index in [4.69, 9.17) is 16.2 Å². The van der Waals surface area contributed by atoms with Gasteiger partial charge in [-0.25, -0.2) is 4.79 Å². The van der Waals surface area contributed by atoms with Gasteiger partial charge in [0.05, 0.1) is 11.4 Å². The molecule has 0 unspecified atom stereocenters. The van der Waals surface area contributed by atoms with E-state index in [1.54, 1.807) is 18.2 Å². The summed E-state index contributed by atoms with van der Waals surface area (Å²) in [5.41, 5.74) is 12.2. The number of nitrogens with two attached hydrogens (primary N) is 2. The second-order valence-corrected chi connectivity index (χ2v) is 5.99. The molecule has 0 aliphatic carbocycles. The maximum atomic E-state index is 11.4. The smallest absolute Gasteiger partial charge is 0.407 e. The molecule has 0 bridgehead atoms. The lowest BCUT2D eigenvalue weighted by Crippen LogP contribution is -2.40. The van der Waals surface area contributed by atoms with E-state index >= 15 is 0 Å². The van der Waals surface area contributed by atoms with Crippen molar-refractivity contribution in [3.63, 3.8) is 0 Å². The molecule has 0 spiro atoms.